The second-order valence-electron chi connectivity index (χ2n) is 5.99. The van der Waals surface area contributed by atoms with Crippen molar-refractivity contribution in [3.63, 3.8) is 0 Å². The molecule has 0 spiro atoms. The van der Waals surface area contributed by atoms with Gasteiger partial charge in [-0.15, -0.1) is 11.3 Å². The fraction of sp³-hybridized carbons (Fsp3) is 0.0455. The first kappa shape index (κ1) is 17.0. The van der Waals surface area contributed by atoms with Crippen LogP contribution in [0.15, 0.2) is 72.8 Å². The first-order valence-corrected chi connectivity index (χ1v) is 9.40. The average molecular weight is 380 g/mol. The number of halogens is 2. The van der Waals surface area contributed by atoms with Gasteiger partial charge in [0.15, 0.2) is 0 Å². The van der Waals surface area contributed by atoms with E-state index in [1.165, 1.54) is 6.07 Å². The van der Waals surface area contributed by atoms with E-state index >= 15 is 0 Å². The Bertz CT molecular complexity index is 1050. The summed E-state index contributed by atoms with van der Waals surface area (Å²) >= 11 is 7.62. The minimum atomic E-state index is -0.213. The van der Waals surface area contributed by atoms with Gasteiger partial charge in [-0.05, 0) is 30.7 Å². The third-order valence-corrected chi connectivity index (χ3v) is 5.50. The summed E-state index contributed by atoms with van der Waals surface area (Å²) < 4.78 is 14.0. The molecule has 26 heavy (non-hydrogen) atoms. The van der Waals surface area contributed by atoms with E-state index < -0.39 is 0 Å². The molecule has 0 N–H and O–H groups in total. The van der Waals surface area contributed by atoms with Crippen molar-refractivity contribution in [2.24, 2.45) is 0 Å². The van der Waals surface area contributed by atoms with Crippen LogP contribution in [0.25, 0.3) is 33.0 Å². The molecule has 0 amide bonds. The Balaban J connectivity index is 1.68. The fourth-order valence-corrected chi connectivity index (χ4v) is 3.95. The normalized spacial score (nSPS) is 10.9. The van der Waals surface area contributed by atoms with Crippen molar-refractivity contribution in [2.45, 2.75) is 6.92 Å². The summed E-state index contributed by atoms with van der Waals surface area (Å²) in [7, 11) is 0. The molecule has 0 aliphatic rings. The van der Waals surface area contributed by atoms with Gasteiger partial charge in [-0.25, -0.2) is 9.37 Å². The molecular formula is C22H15ClFNS. The standard InChI is InChI=1S/C22H15ClFNS/c1-14-21(25-22(26-14)17-10-12-18(23)13-11-17)16-8-6-15(7-9-16)19-4-2-3-5-20(19)24/h2-13H,1H3. The number of rotatable bonds is 3. The van der Waals surface area contributed by atoms with Gasteiger partial charge in [-0.1, -0.05) is 66.2 Å². The molecule has 0 fully saturated rings. The van der Waals surface area contributed by atoms with Gasteiger partial charge >= 0.3 is 0 Å². The quantitative estimate of drug-likeness (QED) is 0.365. The third kappa shape index (κ3) is 3.28. The van der Waals surface area contributed by atoms with Crippen LogP contribution in [0.3, 0.4) is 0 Å². The molecule has 0 saturated heterocycles. The highest BCUT2D eigenvalue weighted by Crippen LogP contribution is 2.34. The first-order valence-electron chi connectivity index (χ1n) is 8.20. The Morgan fingerprint density at radius 3 is 2.12 bits per heavy atom. The molecule has 0 radical (unpaired) electrons. The minimum absolute atomic E-state index is 0.213. The van der Waals surface area contributed by atoms with E-state index in [-0.39, 0.29) is 5.82 Å². The largest absolute Gasteiger partial charge is 0.236 e. The molecule has 128 valence electrons. The van der Waals surface area contributed by atoms with Gasteiger partial charge in [0, 0.05) is 26.6 Å². The van der Waals surface area contributed by atoms with E-state index in [1.54, 1.807) is 23.5 Å². The molecule has 0 aliphatic carbocycles. The van der Waals surface area contributed by atoms with Crippen LogP contribution in [0.1, 0.15) is 4.88 Å². The molecule has 0 bridgehead atoms. The van der Waals surface area contributed by atoms with Crippen molar-refractivity contribution in [2.75, 3.05) is 0 Å². The van der Waals surface area contributed by atoms with E-state index in [0.29, 0.717) is 10.6 Å². The first-order chi connectivity index (χ1) is 12.6. The average Bonchev–Trinajstić information content (AvgIpc) is 3.05. The Kier molecular flexibility index (Phi) is 4.58. The highest BCUT2D eigenvalue weighted by atomic mass is 35.5. The second-order valence-corrected chi connectivity index (χ2v) is 7.63. The third-order valence-electron chi connectivity index (χ3n) is 4.23. The number of aromatic nitrogens is 1. The molecule has 3 aromatic carbocycles. The molecule has 0 atom stereocenters. The lowest BCUT2D eigenvalue weighted by Gasteiger charge is -2.05. The van der Waals surface area contributed by atoms with Gasteiger partial charge in [-0.2, -0.15) is 0 Å². The summed E-state index contributed by atoms with van der Waals surface area (Å²) in [6.07, 6.45) is 0. The van der Waals surface area contributed by atoms with Crippen LogP contribution in [-0.4, -0.2) is 4.98 Å². The number of hydrogen-bond donors (Lipinski definition) is 0. The predicted molar refractivity (Wildman–Crippen MR) is 108 cm³/mol. The summed E-state index contributed by atoms with van der Waals surface area (Å²) in [5, 5.41) is 1.68. The van der Waals surface area contributed by atoms with Crippen molar-refractivity contribution in [3.8, 4) is 33.0 Å². The monoisotopic (exact) mass is 379 g/mol. The highest BCUT2D eigenvalue weighted by Gasteiger charge is 2.12. The lowest BCUT2D eigenvalue weighted by atomic mass is 10.0. The van der Waals surface area contributed by atoms with Gasteiger partial charge in [0.05, 0.1) is 5.69 Å². The predicted octanol–water partition coefficient (Wildman–Crippen LogP) is 7.25. The zero-order chi connectivity index (χ0) is 18.1. The maximum Gasteiger partial charge on any atom is 0.131 e. The van der Waals surface area contributed by atoms with Gasteiger partial charge in [0.25, 0.3) is 0 Å². The van der Waals surface area contributed by atoms with Crippen molar-refractivity contribution in [3.05, 3.63) is 88.5 Å². The Hall–Kier alpha value is -2.49. The summed E-state index contributed by atoms with van der Waals surface area (Å²) in [4.78, 5) is 5.95. The van der Waals surface area contributed by atoms with Gasteiger partial charge in [0.2, 0.25) is 0 Å². The van der Waals surface area contributed by atoms with Crippen molar-refractivity contribution >= 4 is 22.9 Å². The van der Waals surface area contributed by atoms with E-state index in [1.807, 2.05) is 54.6 Å². The van der Waals surface area contributed by atoms with Crippen LogP contribution < -0.4 is 0 Å². The SMILES string of the molecule is Cc1sc(-c2ccc(Cl)cc2)nc1-c1ccc(-c2ccccc2F)cc1. The summed E-state index contributed by atoms with van der Waals surface area (Å²) in [6.45, 7) is 2.07. The van der Waals surface area contributed by atoms with Crippen molar-refractivity contribution in [1.29, 1.82) is 0 Å². The van der Waals surface area contributed by atoms with Crippen molar-refractivity contribution < 1.29 is 4.39 Å². The van der Waals surface area contributed by atoms with Gasteiger partial charge in [0.1, 0.15) is 10.8 Å². The van der Waals surface area contributed by atoms with E-state index in [9.17, 15) is 4.39 Å². The number of thiazole rings is 1. The van der Waals surface area contributed by atoms with Crippen LogP contribution in [0.5, 0.6) is 0 Å². The van der Waals surface area contributed by atoms with Crippen LogP contribution in [0.2, 0.25) is 5.02 Å². The lowest BCUT2D eigenvalue weighted by molar-refractivity contribution is 0.631. The fourth-order valence-electron chi connectivity index (χ4n) is 2.88. The molecule has 1 aromatic heterocycles. The van der Waals surface area contributed by atoms with Crippen LogP contribution in [-0.2, 0) is 0 Å². The van der Waals surface area contributed by atoms with E-state index in [2.05, 4.69) is 6.92 Å². The maximum atomic E-state index is 14.0. The van der Waals surface area contributed by atoms with Crippen LogP contribution >= 0.6 is 22.9 Å². The Morgan fingerprint density at radius 2 is 1.42 bits per heavy atom. The van der Waals surface area contributed by atoms with Gasteiger partial charge in [-0.3, -0.25) is 0 Å². The number of benzene rings is 3. The molecule has 0 unspecified atom stereocenters. The smallest absolute Gasteiger partial charge is 0.131 e. The van der Waals surface area contributed by atoms with Crippen LogP contribution in [0.4, 0.5) is 4.39 Å². The Morgan fingerprint density at radius 1 is 0.808 bits per heavy atom. The molecule has 0 aliphatic heterocycles. The van der Waals surface area contributed by atoms with Crippen LogP contribution in [0, 0.1) is 12.7 Å². The molecule has 0 saturated carbocycles. The number of hydrogen-bond acceptors (Lipinski definition) is 2. The van der Waals surface area contributed by atoms with Gasteiger partial charge < -0.3 is 0 Å². The maximum absolute atomic E-state index is 14.0. The van der Waals surface area contributed by atoms with Crippen molar-refractivity contribution in [1.82, 2.24) is 4.98 Å². The van der Waals surface area contributed by atoms with E-state index in [0.717, 1.165) is 32.3 Å². The summed E-state index contributed by atoms with van der Waals surface area (Å²) in [5.74, 6) is -0.213. The molecule has 1 heterocycles. The van der Waals surface area contributed by atoms with E-state index in [4.69, 9.17) is 16.6 Å². The number of nitrogens with zero attached hydrogens (tertiary/aromatic N) is 1. The lowest BCUT2D eigenvalue weighted by Crippen LogP contribution is -1.85. The minimum Gasteiger partial charge on any atom is -0.236 e. The molecular weight excluding hydrogens is 365 g/mol. The summed E-state index contributed by atoms with van der Waals surface area (Å²) in [5.41, 5.74) is 4.50. The molecule has 4 rings (SSSR count). The molecule has 4 heteroatoms. The molecule has 4 aromatic rings. The number of aryl methyl sites for hydroxylation is 1. The zero-order valence-corrected chi connectivity index (χ0v) is 15.6. The highest BCUT2D eigenvalue weighted by molar-refractivity contribution is 7.15. The Labute approximate surface area is 160 Å². The second kappa shape index (κ2) is 7.02. The zero-order valence-electron chi connectivity index (χ0n) is 14.0. The topological polar surface area (TPSA) is 12.9 Å². The summed E-state index contributed by atoms with van der Waals surface area (Å²) in [6, 6.07) is 22.4. The molecule has 1 nitrogen and oxygen atoms in total.